The van der Waals surface area contributed by atoms with Gasteiger partial charge in [0.1, 0.15) is 61.5 Å². The minimum absolute atomic E-state index is 0.0561. The topological polar surface area (TPSA) is 274 Å². The molecule has 3 heterocycles. The summed E-state index contributed by atoms with van der Waals surface area (Å²) in [4.78, 5) is 68.5. The van der Waals surface area contributed by atoms with Crippen LogP contribution in [0.2, 0.25) is 0 Å². The number of esters is 4. The zero-order chi connectivity index (χ0) is 47.9. The first-order valence-corrected chi connectivity index (χ1v) is 21.3. The molecule has 1 amide bonds. The Morgan fingerprint density at radius 2 is 1.45 bits per heavy atom. The number of carbonyl (C=O) groups is 5. The Hall–Kier alpha value is -6.42. The van der Waals surface area contributed by atoms with E-state index in [1.54, 1.807) is 24.3 Å². The number of aliphatic hydroxyl groups excluding tert-OH is 1. The molecule has 3 aromatic carbocycles. The number of methoxy groups -OCH3 is 1. The van der Waals surface area contributed by atoms with Crippen molar-refractivity contribution in [2.45, 2.75) is 102 Å². The molecule has 21 heteroatoms. The van der Waals surface area contributed by atoms with Crippen molar-refractivity contribution in [3.8, 4) is 0 Å². The van der Waals surface area contributed by atoms with Crippen LogP contribution in [0.4, 0.5) is 0 Å². The number of ether oxygens (including phenoxy) is 10. The van der Waals surface area contributed by atoms with E-state index in [2.05, 4.69) is 20.3 Å². The summed E-state index contributed by atoms with van der Waals surface area (Å²) in [7, 11) is 1.19. The van der Waals surface area contributed by atoms with Crippen molar-refractivity contribution >= 4 is 40.7 Å². The van der Waals surface area contributed by atoms with Gasteiger partial charge < -0.3 is 62.8 Å². The van der Waals surface area contributed by atoms with Crippen LogP contribution >= 0.6 is 0 Å². The molecule has 4 aromatic rings. The Morgan fingerprint density at radius 3 is 2.13 bits per heavy atom. The highest BCUT2D eigenvalue weighted by atomic mass is 16.7. The van der Waals surface area contributed by atoms with Crippen molar-refractivity contribution in [2.75, 3.05) is 33.5 Å². The number of benzene rings is 3. The van der Waals surface area contributed by atoms with Crippen LogP contribution in [-0.2, 0) is 86.2 Å². The van der Waals surface area contributed by atoms with Gasteiger partial charge in [-0.05, 0) is 40.8 Å². The normalized spacial score (nSPS) is 24.7. The molecule has 0 radical (unpaired) electrons. The smallest absolute Gasteiger partial charge is 0.331 e. The molecule has 10 atom stereocenters. The number of amides is 1. The summed E-state index contributed by atoms with van der Waals surface area (Å²) in [6.07, 6.45) is -9.53. The summed E-state index contributed by atoms with van der Waals surface area (Å²) in [5.74, 6) is -3.41. The molecular weight excluding hydrogens is 879 g/mol. The van der Waals surface area contributed by atoms with Gasteiger partial charge in [0, 0.05) is 36.6 Å². The molecular formula is C46H53N5O16. The van der Waals surface area contributed by atoms with Crippen LogP contribution in [0, 0.1) is 0 Å². The summed E-state index contributed by atoms with van der Waals surface area (Å²) in [5, 5.41) is 18.7. The zero-order valence-electron chi connectivity index (χ0n) is 37.2. The second kappa shape index (κ2) is 24.4. The molecule has 67 heavy (non-hydrogen) atoms. The molecule has 358 valence electrons. The summed E-state index contributed by atoms with van der Waals surface area (Å²) in [6.45, 7) is 2.70. The first kappa shape index (κ1) is 50.0. The Balaban J connectivity index is 1.15. The third kappa shape index (κ3) is 14.0. The summed E-state index contributed by atoms with van der Waals surface area (Å²) in [6, 6.07) is 23.0. The van der Waals surface area contributed by atoms with Crippen molar-refractivity contribution in [2.24, 2.45) is 5.11 Å². The number of azide groups is 1. The number of H-pyrrole nitrogens is 1. The first-order valence-electron chi connectivity index (χ1n) is 21.3. The maximum Gasteiger partial charge on any atom is 0.331 e. The van der Waals surface area contributed by atoms with Gasteiger partial charge >= 0.3 is 23.9 Å². The lowest BCUT2D eigenvalue weighted by Crippen LogP contribution is -2.66. The highest BCUT2D eigenvalue weighted by Gasteiger charge is 2.51. The summed E-state index contributed by atoms with van der Waals surface area (Å²) >= 11 is 0. The summed E-state index contributed by atoms with van der Waals surface area (Å²) in [5.41, 5.74) is 12.7. The maximum atomic E-state index is 13.8. The lowest BCUT2D eigenvalue weighted by Gasteiger charge is -2.45. The molecule has 21 nitrogen and oxygen atoms in total. The van der Waals surface area contributed by atoms with E-state index in [1.165, 1.54) is 21.0 Å². The Labute approximate surface area is 384 Å². The van der Waals surface area contributed by atoms with Gasteiger partial charge in [-0.2, -0.15) is 0 Å². The number of para-hydroxylation sites is 1. The first-order chi connectivity index (χ1) is 32.3. The number of hydrogen-bond acceptors (Lipinski definition) is 17. The lowest BCUT2D eigenvalue weighted by molar-refractivity contribution is -0.274. The van der Waals surface area contributed by atoms with Gasteiger partial charge in [-0.3, -0.25) is 19.2 Å². The third-order valence-corrected chi connectivity index (χ3v) is 10.7. The molecule has 0 bridgehead atoms. The van der Waals surface area contributed by atoms with Crippen LogP contribution in [-0.4, -0.2) is 135 Å². The predicted octanol–water partition coefficient (Wildman–Crippen LogP) is 3.73. The van der Waals surface area contributed by atoms with Crippen molar-refractivity contribution < 1.29 is 76.4 Å². The van der Waals surface area contributed by atoms with Crippen LogP contribution < -0.4 is 5.32 Å². The average molecular weight is 932 g/mol. The average Bonchev–Trinajstić information content (AvgIpc) is 3.75. The van der Waals surface area contributed by atoms with E-state index in [4.69, 9.17) is 47.4 Å². The van der Waals surface area contributed by atoms with Crippen LogP contribution in [0.5, 0.6) is 0 Å². The number of hydrogen-bond donors (Lipinski definition) is 3. The molecule has 3 N–H and O–H groups in total. The van der Waals surface area contributed by atoms with Crippen LogP contribution in [0.3, 0.4) is 0 Å². The highest BCUT2D eigenvalue weighted by Crippen LogP contribution is 2.31. The number of nitrogens with zero attached hydrogens (tertiary/aromatic N) is 3. The molecule has 0 saturated carbocycles. The molecule has 0 aliphatic carbocycles. The number of nitrogens with one attached hydrogen (secondary N) is 2. The SMILES string of the molecule is COC(=O)CO[C@@H]1C(N=[N+]=[N-])[C@H](OCCc2ccc(CO[C@@H]3C(NC(=O)c4cc5ccccc5[nH]4)[C@@H](OC(C)=O)OC(COC(C)=O)[C@H]3OC(C)=O)cc2)OC(COCc2ccccc2)[C@H]1O. The largest absolute Gasteiger partial charge is 0.467 e. The van der Waals surface area contributed by atoms with Crippen LogP contribution in [0.1, 0.15) is 48.0 Å². The predicted molar refractivity (Wildman–Crippen MR) is 232 cm³/mol. The number of fused-ring (bicyclic) bond motifs is 1. The fraction of sp³-hybridized carbons (Fsp3) is 0.457. The second-order valence-electron chi connectivity index (χ2n) is 15.6. The standard InChI is InChI=1S/C46H53N5O16/c1-26(52)61-24-36-41(64-27(2)53)43(38(46(67-36)65-28(3)54)49-44(57)34-20-32-12-8-9-13-33(32)48-34)62-22-31-16-14-29(15-17-31)18-19-60-45-39(50-51-47)42(63-25-37(55)58-4)40(56)35(66-45)23-59-21-30-10-6-5-7-11-30/h5-17,20,35-36,38-43,45-46,48,56H,18-19,21-25H2,1-4H3,(H,49,57)/t35?,36?,38?,39?,40-,41-,42-,43-,45-,46+/m1/s1. The van der Waals surface area contributed by atoms with Crippen molar-refractivity contribution in [3.05, 3.63) is 118 Å². The molecule has 2 saturated heterocycles. The highest BCUT2D eigenvalue weighted by molar-refractivity contribution is 5.98. The van der Waals surface area contributed by atoms with E-state index >= 15 is 0 Å². The molecule has 6 rings (SSSR count). The van der Waals surface area contributed by atoms with E-state index < -0.39 is 104 Å². The van der Waals surface area contributed by atoms with E-state index in [9.17, 15) is 34.6 Å². The quantitative estimate of drug-likeness (QED) is 0.0353. The van der Waals surface area contributed by atoms with Gasteiger partial charge in [0.25, 0.3) is 5.91 Å². The molecule has 2 aliphatic heterocycles. The van der Waals surface area contributed by atoms with E-state index in [0.29, 0.717) is 17.5 Å². The minimum Gasteiger partial charge on any atom is -0.467 e. The zero-order valence-corrected chi connectivity index (χ0v) is 37.2. The molecule has 1 aromatic heterocycles. The van der Waals surface area contributed by atoms with Gasteiger partial charge in [0.05, 0.1) is 33.5 Å². The minimum atomic E-state index is -1.47. The number of aromatic amines is 1. The van der Waals surface area contributed by atoms with Gasteiger partial charge in [-0.15, -0.1) is 0 Å². The third-order valence-electron chi connectivity index (χ3n) is 10.7. The van der Waals surface area contributed by atoms with E-state index in [-0.39, 0.29) is 32.1 Å². The number of carbonyl (C=O) groups excluding carboxylic acids is 5. The van der Waals surface area contributed by atoms with Crippen molar-refractivity contribution in [3.63, 3.8) is 0 Å². The Morgan fingerprint density at radius 1 is 0.761 bits per heavy atom. The Kier molecular flexibility index (Phi) is 18.2. The van der Waals surface area contributed by atoms with Crippen molar-refractivity contribution in [1.29, 1.82) is 0 Å². The van der Waals surface area contributed by atoms with Crippen LogP contribution in [0.15, 0.2) is 90.0 Å². The molecule has 2 fully saturated rings. The Bertz CT molecular complexity index is 2310. The fourth-order valence-corrected chi connectivity index (χ4v) is 7.54. The van der Waals surface area contributed by atoms with Gasteiger partial charge in [0.15, 0.2) is 12.4 Å². The van der Waals surface area contributed by atoms with Crippen LogP contribution in [0.25, 0.3) is 21.3 Å². The van der Waals surface area contributed by atoms with Gasteiger partial charge in [-0.1, -0.05) is 77.9 Å². The molecule has 4 unspecified atom stereocenters. The molecule has 0 spiro atoms. The van der Waals surface area contributed by atoms with Gasteiger partial charge in [-0.25, -0.2) is 4.79 Å². The maximum absolute atomic E-state index is 13.8. The monoisotopic (exact) mass is 931 g/mol. The fourth-order valence-electron chi connectivity index (χ4n) is 7.54. The molecule has 2 aliphatic rings. The lowest BCUT2D eigenvalue weighted by atomic mass is 9.95. The van der Waals surface area contributed by atoms with Gasteiger partial charge in [0.2, 0.25) is 6.29 Å². The summed E-state index contributed by atoms with van der Waals surface area (Å²) < 4.78 is 57.4. The van der Waals surface area contributed by atoms with E-state index in [0.717, 1.165) is 23.4 Å². The number of rotatable bonds is 21. The number of aromatic nitrogens is 1. The van der Waals surface area contributed by atoms with Crippen molar-refractivity contribution in [1.82, 2.24) is 10.3 Å². The number of aliphatic hydroxyl groups is 1. The van der Waals surface area contributed by atoms with E-state index in [1.807, 2.05) is 60.7 Å². The second-order valence-corrected chi connectivity index (χ2v) is 15.6.